The fraction of sp³-hybridized carbons (Fsp3) is 0.381. The third-order valence-electron chi connectivity index (χ3n) is 4.67. The molecule has 1 amide bonds. The summed E-state index contributed by atoms with van der Waals surface area (Å²) in [6.07, 6.45) is -0.573. The van der Waals surface area contributed by atoms with E-state index in [0.717, 1.165) is 43.2 Å². The van der Waals surface area contributed by atoms with Gasteiger partial charge in [-0.1, -0.05) is 6.07 Å². The number of benzene rings is 2. The lowest BCUT2D eigenvalue weighted by atomic mass is 10.1. The van der Waals surface area contributed by atoms with E-state index in [4.69, 9.17) is 9.47 Å². The van der Waals surface area contributed by atoms with E-state index in [1.54, 1.807) is 6.92 Å². The third-order valence-corrected chi connectivity index (χ3v) is 4.67. The van der Waals surface area contributed by atoms with Gasteiger partial charge in [-0.3, -0.25) is 4.79 Å². The van der Waals surface area contributed by atoms with Crippen LogP contribution in [0.4, 0.5) is 11.4 Å². The Hall–Kier alpha value is -2.53. The number of nitrogens with one attached hydrogen (secondary N) is 1. The van der Waals surface area contributed by atoms with Gasteiger partial charge in [0.15, 0.2) is 6.10 Å². The maximum atomic E-state index is 12.4. The van der Waals surface area contributed by atoms with E-state index >= 15 is 0 Å². The minimum atomic E-state index is -0.573. The average Bonchev–Trinajstić information content (AvgIpc) is 2.66. The Labute approximate surface area is 154 Å². The molecule has 1 fully saturated rings. The highest BCUT2D eigenvalue weighted by Gasteiger charge is 2.16. The Kier molecular flexibility index (Phi) is 5.78. The van der Waals surface area contributed by atoms with Gasteiger partial charge >= 0.3 is 0 Å². The molecule has 1 saturated heterocycles. The Morgan fingerprint density at radius 3 is 2.42 bits per heavy atom. The van der Waals surface area contributed by atoms with Crippen LogP contribution in [0.1, 0.15) is 18.1 Å². The number of carbonyl (C=O) groups excluding carboxylic acids is 1. The lowest BCUT2D eigenvalue weighted by molar-refractivity contribution is -0.122. The molecule has 1 atom stereocenters. The highest BCUT2D eigenvalue weighted by Crippen LogP contribution is 2.20. The number of carbonyl (C=O) groups is 1. The molecule has 2 aromatic rings. The van der Waals surface area contributed by atoms with Crippen molar-refractivity contribution in [3.8, 4) is 5.75 Å². The Morgan fingerprint density at radius 1 is 1.08 bits per heavy atom. The van der Waals surface area contributed by atoms with Crippen LogP contribution in [0.25, 0.3) is 0 Å². The van der Waals surface area contributed by atoms with E-state index in [9.17, 15) is 4.79 Å². The summed E-state index contributed by atoms with van der Waals surface area (Å²) in [4.78, 5) is 14.7. The second kappa shape index (κ2) is 8.23. The average molecular weight is 354 g/mol. The van der Waals surface area contributed by atoms with Gasteiger partial charge in [-0.05, 0) is 68.3 Å². The lowest BCUT2D eigenvalue weighted by Gasteiger charge is -2.29. The molecule has 1 heterocycles. The van der Waals surface area contributed by atoms with E-state index in [-0.39, 0.29) is 5.91 Å². The fourth-order valence-corrected chi connectivity index (χ4v) is 2.87. The number of morpholine rings is 1. The minimum Gasteiger partial charge on any atom is -0.481 e. The van der Waals surface area contributed by atoms with Gasteiger partial charge in [-0.25, -0.2) is 0 Å². The first-order valence-corrected chi connectivity index (χ1v) is 9.00. The molecular weight excluding hydrogens is 328 g/mol. The quantitative estimate of drug-likeness (QED) is 0.892. The van der Waals surface area contributed by atoms with Gasteiger partial charge < -0.3 is 19.7 Å². The molecule has 1 N–H and O–H groups in total. The smallest absolute Gasteiger partial charge is 0.265 e. The van der Waals surface area contributed by atoms with Crippen LogP contribution in [0.15, 0.2) is 42.5 Å². The van der Waals surface area contributed by atoms with Crippen LogP contribution in [-0.4, -0.2) is 38.3 Å². The number of amides is 1. The molecule has 5 nitrogen and oxygen atoms in total. The summed E-state index contributed by atoms with van der Waals surface area (Å²) in [6.45, 7) is 9.14. The molecule has 0 aromatic heterocycles. The first kappa shape index (κ1) is 18.3. The van der Waals surface area contributed by atoms with Crippen molar-refractivity contribution >= 4 is 17.3 Å². The van der Waals surface area contributed by atoms with Crippen LogP contribution in [0.2, 0.25) is 0 Å². The normalized spacial score (nSPS) is 15.4. The summed E-state index contributed by atoms with van der Waals surface area (Å²) in [5.74, 6) is 0.542. The molecule has 0 spiro atoms. The monoisotopic (exact) mass is 354 g/mol. The minimum absolute atomic E-state index is 0.164. The van der Waals surface area contributed by atoms with Crippen molar-refractivity contribution in [2.45, 2.75) is 26.9 Å². The molecular formula is C21H26N2O3. The number of aryl methyl sites for hydroxylation is 2. The largest absolute Gasteiger partial charge is 0.481 e. The van der Waals surface area contributed by atoms with Crippen molar-refractivity contribution in [2.75, 3.05) is 36.5 Å². The van der Waals surface area contributed by atoms with Gasteiger partial charge in [0.05, 0.1) is 13.2 Å². The van der Waals surface area contributed by atoms with Gasteiger partial charge in [-0.15, -0.1) is 0 Å². The number of rotatable bonds is 5. The van der Waals surface area contributed by atoms with Crippen LogP contribution >= 0.6 is 0 Å². The predicted molar refractivity (Wildman–Crippen MR) is 104 cm³/mol. The topological polar surface area (TPSA) is 50.8 Å². The molecule has 1 aliphatic heterocycles. The predicted octanol–water partition coefficient (Wildman–Crippen LogP) is 3.55. The van der Waals surface area contributed by atoms with E-state index in [0.29, 0.717) is 5.75 Å². The lowest BCUT2D eigenvalue weighted by Crippen LogP contribution is -2.36. The van der Waals surface area contributed by atoms with Gasteiger partial charge in [0.2, 0.25) is 0 Å². The van der Waals surface area contributed by atoms with E-state index in [1.165, 1.54) is 5.56 Å². The Morgan fingerprint density at radius 2 is 1.77 bits per heavy atom. The van der Waals surface area contributed by atoms with Crippen molar-refractivity contribution in [3.05, 3.63) is 53.6 Å². The molecule has 26 heavy (non-hydrogen) atoms. The van der Waals surface area contributed by atoms with Crippen LogP contribution in [-0.2, 0) is 9.53 Å². The molecule has 2 aromatic carbocycles. The van der Waals surface area contributed by atoms with E-state index in [2.05, 4.69) is 17.1 Å². The third kappa shape index (κ3) is 4.55. The van der Waals surface area contributed by atoms with Crippen molar-refractivity contribution in [1.29, 1.82) is 0 Å². The summed E-state index contributed by atoms with van der Waals surface area (Å²) in [5.41, 5.74) is 4.26. The van der Waals surface area contributed by atoms with Crippen LogP contribution in [0.3, 0.4) is 0 Å². The zero-order chi connectivity index (χ0) is 18.5. The van der Waals surface area contributed by atoms with E-state index in [1.807, 2.05) is 49.4 Å². The molecule has 3 rings (SSSR count). The molecule has 1 aliphatic rings. The molecule has 0 aliphatic carbocycles. The van der Waals surface area contributed by atoms with E-state index < -0.39 is 6.10 Å². The standard InChI is InChI=1S/C21H26N2O3/c1-15-4-9-20(14-16(15)2)26-17(3)21(24)22-18-5-7-19(8-6-18)23-10-12-25-13-11-23/h4-9,14,17H,10-13H2,1-3H3,(H,22,24). The fourth-order valence-electron chi connectivity index (χ4n) is 2.87. The van der Waals surface area contributed by atoms with Crippen LogP contribution in [0.5, 0.6) is 5.75 Å². The van der Waals surface area contributed by atoms with Crippen molar-refractivity contribution < 1.29 is 14.3 Å². The van der Waals surface area contributed by atoms with Gasteiger partial charge in [0, 0.05) is 24.5 Å². The van der Waals surface area contributed by atoms with Crippen molar-refractivity contribution in [3.63, 3.8) is 0 Å². The van der Waals surface area contributed by atoms with Gasteiger partial charge in [-0.2, -0.15) is 0 Å². The van der Waals surface area contributed by atoms with Crippen molar-refractivity contribution in [1.82, 2.24) is 0 Å². The highest BCUT2D eigenvalue weighted by atomic mass is 16.5. The zero-order valence-corrected chi connectivity index (χ0v) is 15.6. The highest BCUT2D eigenvalue weighted by molar-refractivity contribution is 5.94. The second-order valence-corrected chi connectivity index (χ2v) is 6.64. The zero-order valence-electron chi connectivity index (χ0n) is 15.6. The van der Waals surface area contributed by atoms with Gasteiger partial charge in [0.1, 0.15) is 5.75 Å². The summed E-state index contributed by atoms with van der Waals surface area (Å²) in [7, 11) is 0. The van der Waals surface area contributed by atoms with Crippen LogP contribution < -0.4 is 15.0 Å². The number of nitrogens with zero attached hydrogens (tertiary/aromatic N) is 1. The second-order valence-electron chi connectivity index (χ2n) is 6.64. The number of anilines is 2. The van der Waals surface area contributed by atoms with Crippen molar-refractivity contribution in [2.24, 2.45) is 0 Å². The summed E-state index contributed by atoms with van der Waals surface area (Å²) in [6, 6.07) is 13.7. The molecule has 1 unspecified atom stereocenters. The number of hydrogen-bond donors (Lipinski definition) is 1. The molecule has 0 radical (unpaired) electrons. The SMILES string of the molecule is Cc1ccc(OC(C)C(=O)Nc2ccc(N3CCOCC3)cc2)cc1C. The summed E-state index contributed by atoms with van der Waals surface area (Å²) >= 11 is 0. The molecule has 5 heteroatoms. The number of ether oxygens (including phenoxy) is 2. The Balaban J connectivity index is 1.57. The van der Waals surface area contributed by atoms with Crippen LogP contribution in [0, 0.1) is 13.8 Å². The molecule has 0 saturated carbocycles. The maximum absolute atomic E-state index is 12.4. The molecule has 0 bridgehead atoms. The first-order chi connectivity index (χ1) is 12.5. The number of hydrogen-bond acceptors (Lipinski definition) is 4. The van der Waals surface area contributed by atoms with Gasteiger partial charge in [0.25, 0.3) is 5.91 Å². The summed E-state index contributed by atoms with van der Waals surface area (Å²) in [5, 5.41) is 2.91. The maximum Gasteiger partial charge on any atom is 0.265 e. The summed E-state index contributed by atoms with van der Waals surface area (Å²) < 4.78 is 11.1. The Bertz CT molecular complexity index is 752. The first-order valence-electron chi connectivity index (χ1n) is 9.00. The molecule has 138 valence electrons.